The lowest BCUT2D eigenvalue weighted by molar-refractivity contribution is 0.0912. The van der Waals surface area contributed by atoms with E-state index in [0.717, 1.165) is 24.8 Å². The van der Waals surface area contributed by atoms with Gasteiger partial charge in [0.1, 0.15) is 0 Å². The van der Waals surface area contributed by atoms with E-state index in [2.05, 4.69) is 4.98 Å². The Morgan fingerprint density at radius 2 is 2.27 bits per heavy atom. The third-order valence-electron chi connectivity index (χ3n) is 3.06. The number of ketones is 1. The van der Waals surface area contributed by atoms with E-state index in [1.165, 1.54) is 0 Å². The summed E-state index contributed by atoms with van der Waals surface area (Å²) in [7, 11) is 0. The minimum atomic E-state index is -0.235. The van der Waals surface area contributed by atoms with Gasteiger partial charge < -0.3 is 5.73 Å². The van der Waals surface area contributed by atoms with Crippen molar-refractivity contribution in [3.63, 3.8) is 0 Å². The van der Waals surface area contributed by atoms with Crippen LogP contribution in [0, 0.1) is 6.92 Å². The fraction of sp³-hybridized carbons (Fsp3) is 0.500. The van der Waals surface area contributed by atoms with Gasteiger partial charge in [0.2, 0.25) is 0 Å². The second kappa shape index (κ2) is 3.74. The zero-order chi connectivity index (χ0) is 10.9. The van der Waals surface area contributed by atoms with E-state index in [9.17, 15) is 4.79 Å². The molecule has 1 aromatic heterocycles. The number of pyridine rings is 1. The molecule has 0 aromatic carbocycles. The largest absolute Gasteiger partial charge is 0.325 e. The molecule has 0 radical (unpaired) electrons. The topological polar surface area (TPSA) is 56.0 Å². The molecule has 80 valence electrons. The lowest BCUT2D eigenvalue weighted by atomic mass is 9.74. The highest BCUT2D eigenvalue weighted by Gasteiger charge is 2.34. The van der Waals surface area contributed by atoms with Gasteiger partial charge >= 0.3 is 0 Å². The predicted octanol–water partition coefficient (Wildman–Crippen LogP) is 1.84. The van der Waals surface area contributed by atoms with Crippen LogP contribution in [0.5, 0.6) is 0 Å². The van der Waals surface area contributed by atoms with Crippen LogP contribution in [0.15, 0.2) is 18.5 Å². The normalized spacial score (nSPS) is 18.3. The van der Waals surface area contributed by atoms with E-state index in [0.29, 0.717) is 12.0 Å². The summed E-state index contributed by atoms with van der Waals surface area (Å²) in [5.41, 5.74) is 7.50. The van der Waals surface area contributed by atoms with Crippen molar-refractivity contribution in [1.29, 1.82) is 0 Å². The molecule has 2 rings (SSSR count). The third kappa shape index (κ3) is 2.23. The first kappa shape index (κ1) is 10.3. The maximum Gasteiger partial charge on any atom is 0.166 e. The Morgan fingerprint density at radius 3 is 2.80 bits per heavy atom. The Labute approximate surface area is 89.7 Å². The summed E-state index contributed by atoms with van der Waals surface area (Å²) in [6.45, 7) is 1.94. The molecule has 3 nitrogen and oxygen atoms in total. The highest BCUT2D eigenvalue weighted by Crippen LogP contribution is 2.33. The molecule has 0 unspecified atom stereocenters. The van der Waals surface area contributed by atoms with Crippen LogP contribution in [0.4, 0.5) is 0 Å². The summed E-state index contributed by atoms with van der Waals surface area (Å²) in [5.74, 6) is 0.119. The molecular weight excluding hydrogens is 188 g/mol. The van der Waals surface area contributed by atoms with Gasteiger partial charge in [-0.3, -0.25) is 9.78 Å². The molecule has 0 spiro atoms. The minimum Gasteiger partial charge on any atom is -0.325 e. The van der Waals surface area contributed by atoms with Crippen molar-refractivity contribution in [1.82, 2.24) is 4.98 Å². The Balaban J connectivity index is 2.08. The standard InChI is InChI=1S/C12H16N2O/c1-9-5-10(8-14-7-9)11(15)6-12(13)3-2-4-12/h5,7-8H,2-4,6,13H2,1H3. The number of nitrogens with two attached hydrogens (primary N) is 1. The molecule has 0 atom stereocenters. The number of aromatic nitrogens is 1. The third-order valence-corrected chi connectivity index (χ3v) is 3.06. The van der Waals surface area contributed by atoms with Gasteiger partial charge in [-0.1, -0.05) is 0 Å². The number of carbonyl (C=O) groups excluding carboxylic acids is 1. The smallest absolute Gasteiger partial charge is 0.166 e. The maximum atomic E-state index is 11.9. The second-order valence-electron chi connectivity index (χ2n) is 4.57. The number of hydrogen-bond donors (Lipinski definition) is 1. The van der Waals surface area contributed by atoms with Crippen LogP contribution in [0.3, 0.4) is 0 Å². The first-order chi connectivity index (χ1) is 7.09. The van der Waals surface area contributed by atoms with Crippen molar-refractivity contribution in [2.75, 3.05) is 0 Å². The molecule has 0 aliphatic heterocycles. The van der Waals surface area contributed by atoms with E-state index in [1.807, 2.05) is 13.0 Å². The number of carbonyl (C=O) groups is 1. The van der Waals surface area contributed by atoms with Crippen LogP contribution in [-0.4, -0.2) is 16.3 Å². The van der Waals surface area contributed by atoms with Crippen LogP contribution in [0.1, 0.15) is 41.6 Å². The van der Waals surface area contributed by atoms with Crippen molar-refractivity contribution in [2.45, 2.75) is 38.1 Å². The zero-order valence-electron chi connectivity index (χ0n) is 8.99. The van der Waals surface area contributed by atoms with Crippen LogP contribution >= 0.6 is 0 Å². The minimum absolute atomic E-state index is 0.119. The Morgan fingerprint density at radius 1 is 1.53 bits per heavy atom. The fourth-order valence-electron chi connectivity index (χ4n) is 1.94. The molecular formula is C12H16N2O. The monoisotopic (exact) mass is 204 g/mol. The van der Waals surface area contributed by atoms with Crippen LogP contribution in [0.25, 0.3) is 0 Å². The average molecular weight is 204 g/mol. The lowest BCUT2D eigenvalue weighted by Crippen LogP contribution is -2.48. The maximum absolute atomic E-state index is 11.9. The summed E-state index contributed by atoms with van der Waals surface area (Å²) in [5, 5.41) is 0. The number of hydrogen-bond acceptors (Lipinski definition) is 3. The van der Waals surface area contributed by atoms with E-state index in [1.54, 1.807) is 12.4 Å². The fourth-order valence-corrected chi connectivity index (χ4v) is 1.94. The van der Waals surface area contributed by atoms with Crippen molar-refractivity contribution < 1.29 is 4.79 Å². The van der Waals surface area contributed by atoms with Gasteiger partial charge in [-0.2, -0.15) is 0 Å². The van der Waals surface area contributed by atoms with Gasteiger partial charge in [0.15, 0.2) is 5.78 Å². The summed E-state index contributed by atoms with van der Waals surface area (Å²) in [6.07, 6.45) is 6.92. The van der Waals surface area contributed by atoms with E-state index < -0.39 is 0 Å². The van der Waals surface area contributed by atoms with Gasteiger partial charge in [-0.05, 0) is 37.8 Å². The van der Waals surface area contributed by atoms with Gasteiger partial charge in [-0.25, -0.2) is 0 Å². The second-order valence-corrected chi connectivity index (χ2v) is 4.57. The van der Waals surface area contributed by atoms with Crippen LogP contribution < -0.4 is 5.73 Å². The molecule has 1 aliphatic carbocycles. The highest BCUT2D eigenvalue weighted by atomic mass is 16.1. The molecule has 0 amide bonds. The molecule has 0 saturated heterocycles. The predicted molar refractivity (Wildman–Crippen MR) is 58.7 cm³/mol. The van der Waals surface area contributed by atoms with Crippen LogP contribution in [0.2, 0.25) is 0 Å². The number of rotatable bonds is 3. The Bertz CT molecular complexity index is 383. The lowest BCUT2D eigenvalue weighted by Gasteiger charge is -2.37. The number of aryl methyl sites for hydroxylation is 1. The highest BCUT2D eigenvalue weighted by molar-refractivity contribution is 5.96. The number of nitrogens with zero attached hydrogens (tertiary/aromatic N) is 1. The quantitative estimate of drug-likeness (QED) is 0.764. The first-order valence-electron chi connectivity index (χ1n) is 5.33. The molecule has 1 aliphatic rings. The van der Waals surface area contributed by atoms with Crippen molar-refractivity contribution >= 4 is 5.78 Å². The molecule has 1 heterocycles. The molecule has 3 heteroatoms. The van der Waals surface area contributed by atoms with Gasteiger partial charge in [-0.15, -0.1) is 0 Å². The molecule has 2 N–H and O–H groups in total. The van der Waals surface area contributed by atoms with Crippen molar-refractivity contribution in [2.24, 2.45) is 5.73 Å². The summed E-state index contributed by atoms with van der Waals surface area (Å²) < 4.78 is 0. The van der Waals surface area contributed by atoms with Gasteiger partial charge in [0, 0.05) is 29.9 Å². The van der Waals surface area contributed by atoms with E-state index in [-0.39, 0.29) is 11.3 Å². The molecule has 1 saturated carbocycles. The number of Topliss-reactive ketones (excluding diaryl/α,β-unsaturated/α-hetero) is 1. The summed E-state index contributed by atoms with van der Waals surface area (Å²) in [4.78, 5) is 15.9. The van der Waals surface area contributed by atoms with Crippen molar-refractivity contribution in [3.8, 4) is 0 Å². The van der Waals surface area contributed by atoms with Gasteiger partial charge in [0.05, 0.1) is 0 Å². The first-order valence-corrected chi connectivity index (χ1v) is 5.33. The van der Waals surface area contributed by atoms with E-state index in [4.69, 9.17) is 5.73 Å². The van der Waals surface area contributed by atoms with Crippen LogP contribution in [-0.2, 0) is 0 Å². The summed E-state index contributed by atoms with van der Waals surface area (Å²) in [6, 6.07) is 1.87. The van der Waals surface area contributed by atoms with Crippen molar-refractivity contribution in [3.05, 3.63) is 29.6 Å². The average Bonchev–Trinajstić information content (AvgIpc) is 2.15. The summed E-state index contributed by atoms with van der Waals surface area (Å²) >= 11 is 0. The SMILES string of the molecule is Cc1cncc(C(=O)CC2(N)CCC2)c1. The molecule has 1 fully saturated rings. The molecule has 1 aromatic rings. The zero-order valence-corrected chi connectivity index (χ0v) is 8.99. The Kier molecular flexibility index (Phi) is 2.57. The van der Waals surface area contributed by atoms with Gasteiger partial charge in [0.25, 0.3) is 0 Å². The molecule has 0 bridgehead atoms. The Hall–Kier alpha value is -1.22. The van der Waals surface area contributed by atoms with E-state index >= 15 is 0 Å². The molecule has 15 heavy (non-hydrogen) atoms.